The smallest absolute Gasteiger partial charge is 0.326 e. The van der Waals surface area contributed by atoms with Crippen molar-refractivity contribution in [2.45, 2.75) is 26.3 Å². The molecule has 6 nitrogen and oxygen atoms in total. The van der Waals surface area contributed by atoms with Crippen molar-refractivity contribution in [1.29, 1.82) is 0 Å². The maximum Gasteiger partial charge on any atom is 0.326 e. The zero-order chi connectivity index (χ0) is 15.1. The monoisotopic (exact) mass is 280 g/mol. The Morgan fingerprint density at radius 2 is 1.90 bits per heavy atom. The standard InChI is InChI=1S/C14H20N2O4/c1-4-9(2)12(13(17)18)16-14(19)15-10-5-7-11(20-3)8-6-10/h5-9,12H,4H2,1-3H3,(H,17,18)(H2,15,16,19)/t9-,12-/m0/s1. The van der Waals surface area contributed by atoms with E-state index in [1.54, 1.807) is 38.3 Å². The number of methoxy groups -OCH3 is 1. The van der Waals surface area contributed by atoms with E-state index in [4.69, 9.17) is 9.84 Å². The molecule has 1 aromatic rings. The van der Waals surface area contributed by atoms with Crippen molar-refractivity contribution in [3.63, 3.8) is 0 Å². The van der Waals surface area contributed by atoms with Gasteiger partial charge in [-0.05, 0) is 30.2 Å². The van der Waals surface area contributed by atoms with E-state index in [2.05, 4.69) is 10.6 Å². The average Bonchev–Trinajstić information content (AvgIpc) is 2.44. The quantitative estimate of drug-likeness (QED) is 0.746. The highest BCUT2D eigenvalue weighted by molar-refractivity contribution is 5.92. The molecule has 1 aromatic carbocycles. The number of nitrogens with one attached hydrogen (secondary N) is 2. The van der Waals surface area contributed by atoms with E-state index in [-0.39, 0.29) is 5.92 Å². The van der Waals surface area contributed by atoms with Gasteiger partial charge in [-0.15, -0.1) is 0 Å². The lowest BCUT2D eigenvalue weighted by Gasteiger charge is -2.20. The molecule has 0 saturated heterocycles. The van der Waals surface area contributed by atoms with Crippen LogP contribution in [0.4, 0.5) is 10.5 Å². The predicted octanol–water partition coefficient (Wildman–Crippen LogP) is 2.32. The van der Waals surface area contributed by atoms with Crippen molar-refractivity contribution in [1.82, 2.24) is 5.32 Å². The number of anilines is 1. The Labute approximate surface area is 118 Å². The number of rotatable bonds is 6. The van der Waals surface area contributed by atoms with Gasteiger partial charge in [-0.3, -0.25) is 0 Å². The summed E-state index contributed by atoms with van der Waals surface area (Å²) in [5.74, 6) is -0.502. The zero-order valence-electron chi connectivity index (χ0n) is 11.8. The summed E-state index contributed by atoms with van der Waals surface area (Å²) >= 11 is 0. The van der Waals surface area contributed by atoms with Crippen LogP contribution in [0, 0.1) is 5.92 Å². The van der Waals surface area contributed by atoms with E-state index in [0.29, 0.717) is 17.9 Å². The molecule has 0 heterocycles. The lowest BCUT2D eigenvalue weighted by Crippen LogP contribution is -2.46. The highest BCUT2D eigenvalue weighted by atomic mass is 16.5. The number of amides is 2. The van der Waals surface area contributed by atoms with Gasteiger partial charge in [0.15, 0.2) is 0 Å². The number of hydrogen-bond donors (Lipinski definition) is 3. The van der Waals surface area contributed by atoms with Gasteiger partial charge in [0, 0.05) is 5.69 Å². The van der Waals surface area contributed by atoms with Crippen molar-refractivity contribution >= 4 is 17.7 Å². The SMILES string of the molecule is CC[C@H](C)[C@H](NC(=O)Nc1ccc(OC)cc1)C(=O)O. The van der Waals surface area contributed by atoms with E-state index < -0.39 is 18.0 Å². The van der Waals surface area contributed by atoms with Gasteiger partial charge in [-0.2, -0.15) is 0 Å². The maximum absolute atomic E-state index is 11.8. The second kappa shape index (κ2) is 7.37. The Bertz CT molecular complexity index is 459. The fourth-order valence-corrected chi connectivity index (χ4v) is 1.67. The number of carboxylic acid groups (broad SMARTS) is 1. The van der Waals surface area contributed by atoms with Crippen molar-refractivity contribution < 1.29 is 19.4 Å². The molecule has 0 unspecified atom stereocenters. The van der Waals surface area contributed by atoms with E-state index >= 15 is 0 Å². The van der Waals surface area contributed by atoms with Crippen LogP contribution in [0.2, 0.25) is 0 Å². The first kappa shape index (κ1) is 15.8. The van der Waals surface area contributed by atoms with Gasteiger partial charge in [-0.1, -0.05) is 20.3 Å². The lowest BCUT2D eigenvalue weighted by atomic mass is 9.99. The molecule has 2 amide bonds. The fraction of sp³-hybridized carbons (Fsp3) is 0.429. The Morgan fingerprint density at radius 3 is 2.35 bits per heavy atom. The Morgan fingerprint density at radius 1 is 1.30 bits per heavy atom. The van der Waals surface area contributed by atoms with Crippen LogP contribution in [0.25, 0.3) is 0 Å². The van der Waals surface area contributed by atoms with Gasteiger partial charge in [-0.25, -0.2) is 9.59 Å². The van der Waals surface area contributed by atoms with Gasteiger partial charge in [0.05, 0.1) is 7.11 Å². The summed E-state index contributed by atoms with van der Waals surface area (Å²) in [7, 11) is 1.55. The van der Waals surface area contributed by atoms with Gasteiger partial charge >= 0.3 is 12.0 Å². The number of carbonyl (C=O) groups is 2. The Balaban J connectivity index is 2.63. The second-order valence-electron chi connectivity index (χ2n) is 4.53. The summed E-state index contributed by atoms with van der Waals surface area (Å²) < 4.78 is 5.01. The second-order valence-corrected chi connectivity index (χ2v) is 4.53. The number of urea groups is 1. The molecular weight excluding hydrogens is 260 g/mol. The first-order chi connectivity index (χ1) is 9.47. The molecule has 0 aliphatic carbocycles. The van der Waals surface area contributed by atoms with Crippen LogP contribution in [0.3, 0.4) is 0 Å². The Kier molecular flexibility index (Phi) is 5.83. The zero-order valence-corrected chi connectivity index (χ0v) is 11.8. The summed E-state index contributed by atoms with van der Waals surface area (Å²) in [5, 5.41) is 14.2. The molecule has 110 valence electrons. The van der Waals surface area contributed by atoms with Crippen LogP contribution in [0.1, 0.15) is 20.3 Å². The van der Waals surface area contributed by atoms with Crippen LogP contribution >= 0.6 is 0 Å². The van der Waals surface area contributed by atoms with Crippen LogP contribution in [-0.4, -0.2) is 30.3 Å². The molecule has 3 N–H and O–H groups in total. The normalized spacial score (nSPS) is 13.2. The van der Waals surface area contributed by atoms with Crippen LogP contribution in [-0.2, 0) is 4.79 Å². The molecule has 1 rings (SSSR count). The van der Waals surface area contributed by atoms with Crippen molar-refractivity contribution in [3.05, 3.63) is 24.3 Å². The van der Waals surface area contributed by atoms with Crippen molar-refractivity contribution in [2.75, 3.05) is 12.4 Å². The van der Waals surface area contributed by atoms with E-state index in [1.165, 1.54) is 0 Å². The molecule has 6 heteroatoms. The molecule has 0 bridgehead atoms. The molecule has 0 spiro atoms. The van der Waals surface area contributed by atoms with Crippen LogP contribution in [0.5, 0.6) is 5.75 Å². The number of aliphatic carboxylic acids is 1. The lowest BCUT2D eigenvalue weighted by molar-refractivity contribution is -0.140. The molecule has 20 heavy (non-hydrogen) atoms. The largest absolute Gasteiger partial charge is 0.497 e. The highest BCUT2D eigenvalue weighted by Gasteiger charge is 2.25. The summed E-state index contributed by atoms with van der Waals surface area (Å²) in [4.78, 5) is 22.9. The van der Waals surface area contributed by atoms with Gasteiger partial charge < -0.3 is 20.5 Å². The van der Waals surface area contributed by atoms with E-state index in [9.17, 15) is 9.59 Å². The van der Waals surface area contributed by atoms with Crippen LogP contribution in [0.15, 0.2) is 24.3 Å². The summed E-state index contributed by atoms with van der Waals surface area (Å²) in [6.45, 7) is 3.66. The molecule has 0 aliphatic heterocycles. The maximum atomic E-state index is 11.8. The van der Waals surface area contributed by atoms with E-state index in [1.807, 2.05) is 6.92 Å². The number of ether oxygens (including phenoxy) is 1. The first-order valence-corrected chi connectivity index (χ1v) is 6.42. The minimum Gasteiger partial charge on any atom is -0.497 e. The predicted molar refractivity (Wildman–Crippen MR) is 76.0 cm³/mol. The number of benzene rings is 1. The van der Waals surface area contributed by atoms with Crippen molar-refractivity contribution in [2.24, 2.45) is 5.92 Å². The molecule has 0 aliphatic rings. The molecule has 0 fully saturated rings. The molecule has 0 aromatic heterocycles. The number of carbonyl (C=O) groups excluding carboxylic acids is 1. The third kappa shape index (κ3) is 4.46. The molecule has 2 atom stereocenters. The highest BCUT2D eigenvalue weighted by Crippen LogP contribution is 2.15. The molecule has 0 saturated carbocycles. The minimum absolute atomic E-state index is 0.144. The average molecular weight is 280 g/mol. The van der Waals surface area contributed by atoms with Gasteiger partial charge in [0.1, 0.15) is 11.8 Å². The molecule has 0 radical (unpaired) electrons. The third-order valence-electron chi connectivity index (χ3n) is 3.11. The first-order valence-electron chi connectivity index (χ1n) is 6.42. The summed E-state index contributed by atoms with van der Waals surface area (Å²) in [5.41, 5.74) is 0.566. The van der Waals surface area contributed by atoms with Crippen molar-refractivity contribution in [3.8, 4) is 5.75 Å². The molecular formula is C14H20N2O4. The summed E-state index contributed by atoms with van der Waals surface area (Å²) in [6.07, 6.45) is 0.666. The third-order valence-corrected chi connectivity index (χ3v) is 3.11. The summed E-state index contributed by atoms with van der Waals surface area (Å²) in [6, 6.07) is 5.33. The number of carboxylic acids is 1. The van der Waals surface area contributed by atoms with E-state index in [0.717, 1.165) is 0 Å². The minimum atomic E-state index is -1.04. The van der Waals surface area contributed by atoms with Gasteiger partial charge in [0.25, 0.3) is 0 Å². The van der Waals surface area contributed by atoms with Crippen LogP contribution < -0.4 is 15.4 Å². The fourth-order valence-electron chi connectivity index (χ4n) is 1.67. The number of hydrogen-bond acceptors (Lipinski definition) is 3. The van der Waals surface area contributed by atoms with Gasteiger partial charge in [0.2, 0.25) is 0 Å². The topological polar surface area (TPSA) is 87.7 Å². The Hall–Kier alpha value is -2.24.